The first kappa shape index (κ1) is 14.7. The van der Waals surface area contributed by atoms with Crippen LogP contribution in [0.25, 0.3) is 0 Å². The molecule has 0 aromatic rings. The third-order valence-electron chi connectivity index (χ3n) is 2.82. The van der Waals surface area contributed by atoms with Crippen LogP contribution < -0.4 is 0 Å². The topological polar surface area (TPSA) is 94.9 Å². The van der Waals surface area contributed by atoms with E-state index in [0.29, 0.717) is 13.0 Å². The second kappa shape index (κ2) is 5.99. The van der Waals surface area contributed by atoms with E-state index in [1.807, 2.05) is 0 Å². The van der Waals surface area contributed by atoms with Crippen molar-refractivity contribution >= 4 is 17.8 Å². The number of likely N-dealkylation sites (tertiary alicyclic amines) is 1. The maximum Gasteiger partial charge on any atom is 0.337 e. The molecule has 2 N–H and O–H groups in total. The van der Waals surface area contributed by atoms with Crippen LogP contribution in [-0.2, 0) is 14.4 Å². The van der Waals surface area contributed by atoms with Gasteiger partial charge >= 0.3 is 11.9 Å². The van der Waals surface area contributed by atoms with Crippen LogP contribution in [0, 0.1) is 5.92 Å². The minimum Gasteiger partial charge on any atom is -0.478 e. The molecule has 1 unspecified atom stereocenters. The van der Waals surface area contributed by atoms with E-state index in [-0.39, 0.29) is 23.0 Å². The van der Waals surface area contributed by atoms with Crippen LogP contribution >= 0.6 is 0 Å². The molecule has 19 heavy (non-hydrogen) atoms. The predicted molar refractivity (Wildman–Crippen MR) is 67.1 cm³/mol. The van der Waals surface area contributed by atoms with Gasteiger partial charge < -0.3 is 15.1 Å². The number of aliphatic carboxylic acids is 2. The molecule has 1 aliphatic rings. The summed E-state index contributed by atoms with van der Waals surface area (Å²) in [5, 5.41) is 17.7. The number of rotatable bonds is 5. The minimum atomic E-state index is -1.28. The molecule has 0 bridgehead atoms. The fourth-order valence-corrected chi connectivity index (χ4v) is 1.69. The summed E-state index contributed by atoms with van der Waals surface area (Å²) in [5.74, 6) is -3.02. The van der Waals surface area contributed by atoms with Crippen molar-refractivity contribution in [3.8, 4) is 0 Å². The lowest BCUT2D eigenvalue weighted by Crippen LogP contribution is -2.22. The highest BCUT2D eigenvalue weighted by molar-refractivity contribution is 5.95. The number of carboxylic acids is 2. The van der Waals surface area contributed by atoms with E-state index in [4.69, 9.17) is 10.2 Å². The molecule has 1 fully saturated rings. The van der Waals surface area contributed by atoms with Gasteiger partial charge in [-0.3, -0.25) is 4.79 Å². The summed E-state index contributed by atoms with van der Waals surface area (Å²) in [5.41, 5.74) is -0.349. The molecule has 1 aliphatic heterocycles. The van der Waals surface area contributed by atoms with Crippen LogP contribution in [0.3, 0.4) is 0 Å². The Morgan fingerprint density at radius 3 is 2.42 bits per heavy atom. The van der Waals surface area contributed by atoms with Crippen LogP contribution in [-0.4, -0.2) is 39.5 Å². The fourth-order valence-electron chi connectivity index (χ4n) is 1.69. The zero-order valence-corrected chi connectivity index (χ0v) is 10.5. The van der Waals surface area contributed by atoms with Crippen LogP contribution in [0.4, 0.5) is 0 Å². The fraction of sp³-hybridized carbons (Fsp3) is 0.308. The van der Waals surface area contributed by atoms with E-state index >= 15 is 0 Å². The Morgan fingerprint density at radius 1 is 1.37 bits per heavy atom. The van der Waals surface area contributed by atoms with Crippen LogP contribution in [0.5, 0.6) is 0 Å². The molecule has 6 heteroatoms. The normalized spacial score (nSPS) is 20.6. The number of carbonyl (C=O) groups is 3. The molecule has 1 atom stereocenters. The Morgan fingerprint density at radius 2 is 2.00 bits per heavy atom. The van der Waals surface area contributed by atoms with Crippen LogP contribution in [0.15, 0.2) is 36.1 Å². The Kier molecular flexibility index (Phi) is 4.63. The summed E-state index contributed by atoms with van der Waals surface area (Å²) < 4.78 is 0. The molecule has 0 saturated carbocycles. The molecular weight excluding hydrogens is 250 g/mol. The molecule has 1 amide bonds. The summed E-state index contributed by atoms with van der Waals surface area (Å²) in [6, 6.07) is 0. The predicted octanol–water partition coefficient (Wildman–Crippen LogP) is 1.02. The van der Waals surface area contributed by atoms with Gasteiger partial charge in [-0.05, 0) is 19.4 Å². The van der Waals surface area contributed by atoms with Crippen LogP contribution in [0.1, 0.15) is 13.3 Å². The second-order valence-corrected chi connectivity index (χ2v) is 4.18. The molecule has 1 rings (SSSR count). The minimum absolute atomic E-state index is 0.111. The molecule has 102 valence electrons. The van der Waals surface area contributed by atoms with Crippen LogP contribution in [0.2, 0.25) is 0 Å². The zero-order valence-electron chi connectivity index (χ0n) is 10.5. The van der Waals surface area contributed by atoms with E-state index in [1.54, 1.807) is 0 Å². The van der Waals surface area contributed by atoms with Gasteiger partial charge in [-0.1, -0.05) is 6.08 Å². The van der Waals surface area contributed by atoms with Gasteiger partial charge in [0.1, 0.15) is 0 Å². The first-order valence-electron chi connectivity index (χ1n) is 5.66. The maximum atomic E-state index is 11.8. The number of carboxylic acid groups (broad SMARTS) is 2. The van der Waals surface area contributed by atoms with Crippen molar-refractivity contribution in [2.24, 2.45) is 5.92 Å². The Balaban J connectivity index is 3.01. The van der Waals surface area contributed by atoms with Gasteiger partial charge in [0.2, 0.25) is 5.91 Å². The average Bonchev–Trinajstić information content (AvgIpc) is 2.69. The molecule has 0 aromatic heterocycles. The van der Waals surface area contributed by atoms with E-state index in [1.165, 1.54) is 24.1 Å². The highest BCUT2D eigenvalue weighted by atomic mass is 16.4. The van der Waals surface area contributed by atoms with Crippen molar-refractivity contribution in [1.82, 2.24) is 4.90 Å². The first-order valence-corrected chi connectivity index (χ1v) is 5.66. The molecule has 0 aliphatic carbocycles. The standard InChI is InChI=1S/C13H15NO5/c1-3-9-4-5-14(11(9)15)7-10(13(18)19)6-8(2)12(16)17/h3,6-7,9H,1,4-5H2,2H3,(H,16,17)(H,18,19). The lowest BCUT2D eigenvalue weighted by atomic mass is 10.1. The molecular formula is C13H15NO5. The SMILES string of the molecule is C=CC1CCN(C=C(C=C(C)C(=O)O)C(=O)O)C1=O. The number of nitrogens with zero attached hydrogens (tertiary/aromatic N) is 1. The average molecular weight is 265 g/mol. The van der Waals surface area contributed by atoms with E-state index < -0.39 is 11.9 Å². The van der Waals surface area contributed by atoms with Gasteiger partial charge in [-0.15, -0.1) is 6.58 Å². The van der Waals surface area contributed by atoms with Crippen molar-refractivity contribution in [1.29, 1.82) is 0 Å². The first-order chi connectivity index (χ1) is 8.86. The van der Waals surface area contributed by atoms with Crippen molar-refractivity contribution in [2.45, 2.75) is 13.3 Å². The highest BCUT2D eigenvalue weighted by Crippen LogP contribution is 2.20. The lowest BCUT2D eigenvalue weighted by molar-refractivity contribution is -0.133. The second-order valence-electron chi connectivity index (χ2n) is 4.18. The maximum absolute atomic E-state index is 11.8. The van der Waals surface area contributed by atoms with Gasteiger partial charge in [-0.25, -0.2) is 9.59 Å². The third kappa shape index (κ3) is 3.54. The summed E-state index contributed by atoms with van der Waals surface area (Å²) in [4.78, 5) is 34.8. The van der Waals surface area contributed by atoms with Gasteiger partial charge in [0.05, 0.1) is 11.5 Å². The Labute approximate surface area is 110 Å². The van der Waals surface area contributed by atoms with E-state index in [0.717, 1.165) is 6.08 Å². The monoisotopic (exact) mass is 265 g/mol. The van der Waals surface area contributed by atoms with Gasteiger partial charge in [0, 0.05) is 18.3 Å². The summed E-state index contributed by atoms with van der Waals surface area (Å²) in [6.07, 6.45) is 4.29. The number of amides is 1. The largest absolute Gasteiger partial charge is 0.478 e. The molecule has 6 nitrogen and oxygen atoms in total. The molecule has 0 aromatic carbocycles. The smallest absolute Gasteiger partial charge is 0.337 e. The Hall–Kier alpha value is -2.37. The van der Waals surface area contributed by atoms with E-state index in [9.17, 15) is 14.4 Å². The molecule has 0 radical (unpaired) electrons. The number of carbonyl (C=O) groups excluding carboxylic acids is 1. The quantitative estimate of drug-likeness (QED) is 0.439. The van der Waals surface area contributed by atoms with Gasteiger partial charge in [0.15, 0.2) is 0 Å². The zero-order chi connectivity index (χ0) is 14.6. The summed E-state index contributed by atoms with van der Waals surface area (Å²) in [6.45, 7) is 5.22. The van der Waals surface area contributed by atoms with Crippen molar-refractivity contribution in [3.05, 3.63) is 36.1 Å². The highest BCUT2D eigenvalue weighted by Gasteiger charge is 2.28. The summed E-state index contributed by atoms with van der Waals surface area (Å²) in [7, 11) is 0. The molecule has 1 saturated heterocycles. The number of hydrogen-bond donors (Lipinski definition) is 2. The van der Waals surface area contributed by atoms with E-state index in [2.05, 4.69) is 6.58 Å². The number of hydrogen-bond acceptors (Lipinski definition) is 3. The Bertz CT molecular complexity index is 489. The van der Waals surface area contributed by atoms with Crippen molar-refractivity contribution in [3.63, 3.8) is 0 Å². The van der Waals surface area contributed by atoms with Gasteiger partial charge in [-0.2, -0.15) is 0 Å². The van der Waals surface area contributed by atoms with Crippen molar-refractivity contribution in [2.75, 3.05) is 6.54 Å². The summed E-state index contributed by atoms with van der Waals surface area (Å²) >= 11 is 0. The van der Waals surface area contributed by atoms with Crippen molar-refractivity contribution < 1.29 is 24.6 Å². The van der Waals surface area contributed by atoms with Gasteiger partial charge in [0.25, 0.3) is 0 Å². The molecule has 0 spiro atoms. The third-order valence-corrected chi connectivity index (χ3v) is 2.82. The molecule has 1 heterocycles. The lowest BCUT2D eigenvalue weighted by Gasteiger charge is -2.11.